The average Bonchev–Trinajstić information content (AvgIpc) is 3.14. The highest BCUT2D eigenvalue weighted by atomic mass is 16.6. The number of hydrogen-bond acceptors (Lipinski definition) is 6. The van der Waals surface area contributed by atoms with Crippen LogP contribution in [0.3, 0.4) is 0 Å². The van der Waals surface area contributed by atoms with Gasteiger partial charge in [-0.15, -0.1) is 5.10 Å². The fourth-order valence-electron chi connectivity index (χ4n) is 3.00. The molecule has 8 heteroatoms. The summed E-state index contributed by atoms with van der Waals surface area (Å²) in [5.74, 6) is 0.727. The van der Waals surface area contributed by atoms with Gasteiger partial charge in [0.2, 0.25) is 0 Å². The molecule has 0 fully saturated rings. The Bertz CT molecular complexity index is 1010. The molecule has 0 saturated carbocycles. The number of nitro groups is 1. The number of nitrogens with one attached hydrogen (secondary N) is 1. The van der Waals surface area contributed by atoms with Gasteiger partial charge in [-0.1, -0.05) is 35.0 Å². The van der Waals surface area contributed by atoms with E-state index in [2.05, 4.69) is 20.6 Å². The molecule has 0 atom stereocenters. The van der Waals surface area contributed by atoms with Crippen LogP contribution in [-0.2, 0) is 0 Å². The van der Waals surface area contributed by atoms with Crippen LogP contribution in [0.25, 0.3) is 16.9 Å². The summed E-state index contributed by atoms with van der Waals surface area (Å²) in [6, 6.07) is 14.4. The molecule has 1 aromatic heterocycles. The topological polar surface area (TPSA) is 98.2 Å². The SMILES string of the molecule is Cc1ccc(-c2c(C3=NCCCN3)nnn2-c2ccc([N+](=O)[O-])cc2)cc1. The molecule has 0 unspecified atom stereocenters. The lowest BCUT2D eigenvalue weighted by molar-refractivity contribution is -0.384. The Morgan fingerprint density at radius 1 is 1.11 bits per heavy atom. The maximum Gasteiger partial charge on any atom is 0.269 e. The van der Waals surface area contributed by atoms with Crippen molar-refractivity contribution in [2.75, 3.05) is 13.1 Å². The average molecular weight is 362 g/mol. The molecule has 1 N–H and O–H groups in total. The van der Waals surface area contributed by atoms with Gasteiger partial charge in [0.25, 0.3) is 5.69 Å². The normalized spacial score (nSPS) is 13.7. The smallest absolute Gasteiger partial charge is 0.269 e. The molecule has 27 heavy (non-hydrogen) atoms. The van der Waals surface area contributed by atoms with Crippen LogP contribution >= 0.6 is 0 Å². The molecule has 0 bridgehead atoms. The van der Waals surface area contributed by atoms with E-state index in [9.17, 15) is 10.1 Å². The maximum absolute atomic E-state index is 10.9. The van der Waals surface area contributed by atoms with E-state index in [1.807, 2.05) is 31.2 Å². The number of aromatic nitrogens is 3. The Labute approximate surface area is 155 Å². The van der Waals surface area contributed by atoms with Gasteiger partial charge in [-0.2, -0.15) is 0 Å². The number of rotatable bonds is 4. The number of benzene rings is 2. The molecule has 1 aliphatic heterocycles. The van der Waals surface area contributed by atoms with Gasteiger partial charge in [-0.3, -0.25) is 15.1 Å². The summed E-state index contributed by atoms with van der Waals surface area (Å²) in [4.78, 5) is 15.1. The van der Waals surface area contributed by atoms with Gasteiger partial charge in [-0.05, 0) is 25.5 Å². The molecule has 0 spiro atoms. The zero-order valence-electron chi connectivity index (χ0n) is 14.8. The minimum atomic E-state index is -0.419. The van der Waals surface area contributed by atoms with Gasteiger partial charge in [0.05, 0.1) is 10.6 Å². The third kappa shape index (κ3) is 3.29. The van der Waals surface area contributed by atoms with Crippen LogP contribution in [0, 0.1) is 17.0 Å². The highest BCUT2D eigenvalue weighted by molar-refractivity contribution is 6.02. The minimum Gasteiger partial charge on any atom is -0.368 e. The van der Waals surface area contributed by atoms with Crippen molar-refractivity contribution in [1.29, 1.82) is 0 Å². The minimum absolute atomic E-state index is 0.0364. The fraction of sp³-hybridized carbons (Fsp3) is 0.211. The highest BCUT2D eigenvalue weighted by Gasteiger charge is 2.22. The lowest BCUT2D eigenvalue weighted by atomic mass is 10.1. The first-order valence-corrected chi connectivity index (χ1v) is 8.70. The van der Waals surface area contributed by atoms with E-state index >= 15 is 0 Å². The second-order valence-corrected chi connectivity index (χ2v) is 6.35. The predicted molar refractivity (Wildman–Crippen MR) is 102 cm³/mol. The zero-order valence-corrected chi connectivity index (χ0v) is 14.8. The first-order valence-electron chi connectivity index (χ1n) is 8.70. The van der Waals surface area contributed by atoms with Gasteiger partial charge in [0, 0.05) is 30.8 Å². The van der Waals surface area contributed by atoms with Crippen LogP contribution in [0.15, 0.2) is 53.5 Å². The first kappa shape index (κ1) is 16.9. The summed E-state index contributed by atoms with van der Waals surface area (Å²) in [5, 5.41) is 22.9. The largest absolute Gasteiger partial charge is 0.368 e. The number of nitro benzene ring substituents is 1. The Morgan fingerprint density at radius 3 is 2.48 bits per heavy atom. The van der Waals surface area contributed by atoms with E-state index in [0.717, 1.165) is 42.2 Å². The summed E-state index contributed by atoms with van der Waals surface area (Å²) >= 11 is 0. The fourth-order valence-corrected chi connectivity index (χ4v) is 3.00. The number of amidine groups is 1. The Kier molecular flexibility index (Phi) is 4.37. The number of hydrogen-bond donors (Lipinski definition) is 1. The van der Waals surface area contributed by atoms with E-state index in [1.54, 1.807) is 16.8 Å². The quantitative estimate of drug-likeness (QED) is 0.568. The van der Waals surface area contributed by atoms with Crippen LogP contribution < -0.4 is 5.32 Å². The van der Waals surface area contributed by atoms with Crippen molar-refractivity contribution < 1.29 is 4.92 Å². The number of non-ortho nitro benzene ring substituents is 1. The van der Waals surface area contributed by atoms with E-state index in [-0.39, 0.29) is 5.69 Å². The number of aliphatic imine (C=N–C) groups is 1. The van der Waals surface area contributed by atoms with Crippen molar-refractivity contribution in [2.45, 2.75) is 13.3 Å². The third-order valence-corrected chi connectivity index (χ3v) is 4.42. The molecular formula is C19H18N6O2. The van der Waals surface area contributed by atoms with Crippen LogP contribution in [0.2, 0.25) is 0 Å². The molecule has 0 radical (unpaired) electrons. The van der Waals surface area contributed by atoms with Crippen molar-refractivity contribution in [3.63, 3.8) is 0 Å². The van der Waals surface area contributed by atoms with E-state index in [0.29, 0.717) is 11.4 Å². The summed E-state index contributed by atoms with van der Waals surface area (Å²) in [7, 11) is 0. The predicted octanol–water partition coefficient (Wildman–Crippen LogP) is 2.89. The lowest BCUT2D eigenvalue weighted by Crippen LogP contribution is -2.31. The summed E-state index contributed by atoms with van der Waals surface area (Å²) in [5.41, 5.74) is 4.33. The molecular weight excluding hydrogens is 344 g/mol. The standard InChI is InChI=1S/C19H18N6O2/c1-13-3-5-14(6-4-13)18-17(19-20-11-2-12-21-19)22-23-24(18)15-7-9-16(10-8-15)25(26)27/h3-10H,2,11-12H2,1H3,(H,20,21). The number of nitrogens with zero attached hydrogens (tertiary/aromatic N) is 5. The molecule has 0 aliphatic carbocycles. The summed E-state index contributed by atoms with van der Waals surface area (Å²) in [6.07, 6.45) is 0.986. The molecule has 8 nitrogen and oxygen atoms in total. The van der Waals surface area contributed by atoms with Crippen molar-refractivity contribution in [3.05, 3.63) is 69.9 Å². The van der Waals surface area contributed by atoms with Crippen LogP contribution in [-0.4, -0.2) is 38.8 Å². The molecule has 136 valence electrons. The lowest BCUT2D eigenvalue weighted by Gasteiger charge is -2.14. The Morgan fingerprint density at radius 2 is 1.85 bits per heavy atom. The van der Waals surface area contributed by atoms with Crippen LogP contribution in [0.4, 0.5) is 5.69 Å². The third-order valence-electron chi connectivity index (χ3n) is 4.42. The van der Waals surface area contributed by atoms with Gasteiger partial charge in [0.15, 0.2) is 11.5 Å². The second kappa shape index (κ2) is 6.99. The number of aryl methyl sites for hydroxylation is 1. The monoisotopic (exact) mass is 362 g/mol. The summed E-state index contributed by atoms with van der Waals surface area (Å²) < 4.78 is 1.70. The summed E-state index contributed by atoms with van der Waals surface area (Å²) in [6.45, 7) is 3.62. The van der Waals surface area contributed by atoms with Gasteiger partial charge < -0.3 is 5.32 Å². The molecule has 0 amide bonds. The molecule has 0 saturated heterocycles. The first-order chi connectivity index (χ1) is 13.1. The van der Waals surface area contributed by atoms with Gasteiger partial charge >= 0.3 is 0 Å². The Hall–Kier alpha value is -3.55. The maximum atomic E-state index is 10.9. The van der Waals surface area contributed by atoms with Crippen molar-refractivity contribution in [3.8, 4) is 16.9 Å². The van der Waals surface area contributed by atoms with E-state index < -0.39 is 4.92 Å². The second-order valence-electron chi connectivity index (χ2n) is 6.35. The van der Waals surface area contributed by atoms with Gasteiger partial charge in [-0.25, -0.2) is 4.68 Å². The van der Waals surface area contributed by atoms with Crippen molar-refractivity contribution >= 4 is 11.5 Å². The molecule has 2 heterocycles. The molecule has 1 aliphatic rings. The molecule has 4 rings (SSSR count). The Balaban J connectivity index is 1.86. The van der Waals surface area contributed by atoms with Crippen molar-refractivity contribution in [2.24, 2.45) is 4.99 Å². The molecule has 3 aromatic rings. The van der Waals surface area contributed by atoms with Crippen molar-refractivity contribution in [1.82, 2.24) is 20.3 Å². The van der Waals surface area contributed by atoms with E-state index in [4.69, 9.17) is 0 Å². The van der Waals surface area contributed by atoms with Gasteiger partial charge in [0.1, 0.15) is 5.69 Å². The molecule has 2 aromatic carbocycles. The highest BCUT2D eigenvalue weighted by Crippen LogP contribution is 2.27. The zero-order chi connectivity index (χ0) is 18.8. The van der Waals surface area contributed by atoms with Crippen LogP contribution in [0.1, 0.15) is 17.7 Å². The van der Waals surface area contributed by atoms with Crippen LogP contribution in [0.5, 0.6) is 0 Å². The van der Waals surface area contributed by atoms with E-state index in [1.165, 1.54) is 12.1 Å².